The lowest BCUT2D eigenvalue weighted by atomic mass is 10.2. The van der Waals surface area contributed by atoms with Crippen LogP contribution in [0, 0.1) is 5.82 Å². The molecule has 3 rings (SSSR count). The van der Waals surface area contributed by atoms with Crippen LogP contribution >= 0.6 is 0 Å². The molecule has 6 nitrogen and oxygen atoms in total. The zero-order valence-electron chi connectivity index (χ0n) is 16.3. The maximum atomic E-state index is 13.8. The number of rotatable bonds is 6. The minimum atomic E-state index is -0.353. The number of hydrogen-bond donors (Lipinski definition) is 1. The molecular formula is C21H26FN3O3. The molecule has 0 aliphatic carbocycles. The molecular weight excluding hydrogens is 361 g/mol. The molecule has 1 aliphatic heterocycles. The van der Waals surface area contributed by atoms with Gasteiger partial charge in [-0.25, -0.2) is 9.18 Å². The van der Waals surface area contributed by atoms with Gasteiger partial charge in [0.2, 0.25) is 0 Å². The number of nitrogens with one attached hydrogen (secondary N) is 1. The summed E-state index contributed by atoms with van der Waals surface area (Å²) < 4.78 is 24.2. The highest BCUT2D eigenvalue weighted by molar-refractivity contribution is 5.89. The summed E-state index contributed by atoms with van der Waals surface area (Å²) in [5.74, 6) is 0.678. The topological polar surface area (TPSA) is 54.0 Å². The number of ether oxygens (including phenoxy) is 2. The molecule has 7 heteroatoms. The van der Waals surface area contributed by atoms with Crippen molar-refractivity contribution in [1.29, 1.82) is 0 Å². The van der Waals surface area contributed by atoms with Crippen LogP contribution in [0.3, 0.4) is 0 Å². The Morgan fingerprint density at radius 3 is 2.43 bits per heavy atom. The molecule has 0 unspecified atom stereocenters. The maximum Gasteiger partial charge on any atom is 0.321 e. The van der Waals surface area contributed by atoms with Crippen molar-refractivity contribution in [3.05, 3.63) is 53.8 Å². The van der Waals surface area contributed by atoms with Crippen molar-refractivity contribution in [2.45, 2.75) is 13.5 Å². The van der Waals surface area contributed by atoms with E-state index < -0.39 is 0 Å². The van der Waals surface area contributed by atoms with Gasteiger partial charge in [-0.05, 0) is 48.9 Å². The summed E-state index contributed by atoms with van der Waals surface area (Å²) in [6.45, 7) is 5.92. The van der Waals surface area contributed by atoms with Crippen LogP contribution in [0.25, 0.3) is 0 Å². The Bertz CT molecular complexity index is 790. The second-order valence-corrected chi connectivity index (χ2v) is 6.62. The molecule has 1 heterocycles. The number of methoxy groups -OCH3 is 1. The Kier molecular flexibility index (Phi) is 6.71. The third-order valence-corrected chi connectivity index (χ3v) is 4.70. The lowest BCUT2D eigenvalue weighted by Crippen LogP contribution is -2.49. The number of amides is 2. The number of urea groups is 1. The summed E-state index contributed by atoms with van der Waals surface area (Å²) in [5.41, 5.74) is 1.63. The van der Waals surface area contributed by atoms with E-state index >= 15 is 0 Å². The highest BCUT2D eigenvalue weighted by Crippen LogP contribution is 2.20. The minimum Gasteiger partial charge on any atom is -0.494 e. The number of benzene rings is 2. The van der Waals surface area contributed by atoms with Crippen molar-refractivity contribution < 1.29 is 18.7 Å². The Labute approximate surface area is 164 Å². The normalized spacial score (nSPS) is 14.6. The molecule has 2 amide bonds. The number of carbonyl (C=O) groups is 1. The lowest BCUT2D eigenvalue weighted by molar-refractivity contribution is 0.143. The number of halogens is 1. The van der Waals surface area contributed by atoms with E-state index in [1.807, 2.05) is 37.3 Å². The first-order valence-electron chi connectivity index (χ1n) is 9.42. The van der Waals surface area contributed by atoms with Crippen molar-refractivity contribution in [2.24, 2.45) is 0 Å². The third kappa shape index (κ3) is 5.13. The van der Waals surface area contributed by atoms with Gasteiger partial charge in [-0.2, -0.15) is 0 Å². The maximum absolute atomic E-state index is 13.8. The summed E-state index contributed by atoms with van der Waals surface area (Å²) in [7, 11) is 1.45. The number of nitrogens with zero attached hydrogens (tertiary/aromatic N) is 2. The molecule has 1 saturated heterocycles. The van der Waals surface area contributed by atoms with E-state index in [2.05, 4.69) is 10.2 Å². The van der Waals surface area contributed by atoms with Crippen LogP contribution in [0.5, 0.6) is 11.5 Å². The highest BCUT2D eigenvalue weighted by Gasteiger charge is 2.21. The fourth-order valence-corrected chi connectivity index (χ4v) is 3.18. The fourth-order valence-electron chi connectivity index (χ4n) is 3.18. The predicted octanol–water partition coefficient (Wildman–Crippen LogP) is 3.58. The first kappa shape index (κ1) is 19.9. The monoisotopic (exact) mass is 387 g/mol. The predicted molar refractivity (Wildman–Crippen MR) is 106 cm³/mol. The average molecular weight is 387 g/mol. The van der Waals surface area contributed by atoms with Crippen LogP contribution < -0.4 is 14.8 Å². The molecule has 0 saturated carbocycles. The van der Waals surface area contributed by atoms with E-state index in [0.717, 1.165) is 30.1 Å². The second kappa shape index (κ2) is 9.41. The van der Waals surface area contributed by atoms with Crippen LogP contribution in [0.4, 0.5) is 14.9 Å². The number of anilines is 1. The molecule has 0 bridgehead atoms. The summed E-state index contributed by atoms with van der Waals surface area (Å²) in [6, 6.07) is 12.2. The van der Waals surface area contributed by atoms with Crippen LogP contribution in [0.2, 0.25) is 0 Å². The van der Waals surface area contributed by atoms with Gasteiger partial charge >= 0.3 is 6.03 Å². The Hall–Kier alpha value is -2.80. The minimum absolute atomic E-state index is 0.112. The van der Waals surface area contributed by atoms with E-state index in [9.17, 15) is 9.18 Å². The highest BCUT2D eigenvalue weighted by atomic mass is 19.1. The molecule has 1 fully saturated rings. The average Bonchev–Trinajstić information content (AvgIpc) is 2.70. The van der Waals surface area contributed by atoms with Crippen LogP contribution in [0.15, 0.2) is 42.5 Å². The van der Waals surface area contributed by atoms with E-state index in [4.69, 9.17) is 9.47 Å². The molecule has 0 atom stereocenters. The Morgan fingerprint density at radius 1 is 1.11 bits per heavy atom. The number of hydrogen-bond acceptors (Lipinski definition) is 4. The zero-order valence-corrected chi connectivity index (χ0v) is 16.3. The van der Waals surface area contributed by atoms with Gasteiger partial charge < -0.3 is 19.7 Å². The fraction of sp³-hybridized carbons (Fsp3) is 0.381. The van der Waals surface area contributed by atoms with Gasteiger partial charge in [0.15, 0.2) is 11.6 Å². The van der Waals surface area contributed by atoms with Crippen molar-refractivity contribution in [3.8, 4) is 11.5 Å². The largest absolute Gasteiger partial charge is 0.494 e. The van der Waals surface area contributed by atoms with Gasteiger partial charge in [-0.3, -0.25) is 4.90 Å². The first-order chi connectivity index (χ1) is 13.6. The van der Waals surface area contributed by atoms with E-state index in [-0.39, 0.29) is 17.6 Å². The van der Waals surface area contributed by atoms with Crippen molar-refractivity contribution in [3.63, 3.8) is 0 Å². The zero-order chi connectivity index (χ0) is 19.9. The standard InChI is InChI=1S/C21H26FN3O3/c1-3-28-18-7-5-17(6-8-18)23-21(26)25-12-10-24(11-13-25)15-16-4-9-20(27-2)19(22)14-16/h4-9,14H,3,10-13,15H2,1-2H3,(H,23,26). The van der Waals surface area contributed by atoms with Gasteiger partial charge in [0.05, 0.1) is 13.7 Å². The Morgan fingerprint density at radius 2 is 1.82 bits per heavy atom. The SMILES string of the molecule is CCOc1ccc(NC(=O)N2CCN(Cc3ccc(OC)c(F)c3)CC2)cc1. The molecule has 1 N–H and O–H groups in total. The smallest absolute Gasteiger partial charge is 0.321 e. The van der Waals surface area contributed by atoms with E-state index in [1.165, 1.54) is 13.2 Å². The first-order valence-corrected chi connectivity index (χ1v) is 9.42. The third-order valence-electron chi connectivity index (χ3n) is 4.70. The molecule has 2 aromatic carbocycles. The van der Waals surface area contributed by atoms with Crippen molar-refractivity contribution >= 4 is 11.7 Å². The molecule has 1 aliphatic rings. The molecule has 150 valence electrons. The van der Waals surface area contributed by atoms with Gasteiger partial charge in [-0.1, -0.05) is 6.07 Å². The quantitative estimate of drug-likeness (QED) is 0.823. The summed E-state index contributed by atoms with van der Waals surface area (Å²) in [5, 5.41) is 2.92. The number of piperazine rings is 1. The summed E-state index contributed by atoms with van der Waals surface area (Å²) >= 11 is 0. The van der Waals surface area contributed by atoms with Crippen LogP contribution in [-0.2, 0) is 6.54 Å². The summed E-state index contributed by atoms with van der Waals surface area (Å²) in [6.07, 6.45) is 0. The van der Waals surface area contributed by atoms with Gasteiger partial charge in [-0.15, -0.1) is 0 Å². The Balaban J connectivity index is 1.47. The van der Waals surface area contributed by atoms with E-state index in [0.29, 0.717) is 26.2 Å². The van der Waals surface area contributed by atoms with Crippen LogP contribution in [0.1, 0.15) is 12.5 Å². The molecule has 0 spiro atoms. The molecule has 0 aromatic heterocycles. The number of carbonyl (C=O) groups excluding carboxylic acids is 1. The van der Waals surface area contributed by atoms with Gasteiger partial charge in [0.1, 0.15) is 5.75 Å². The second-order valence-electron chi connectivity index (χ2n) is 6.62. The van der Waals surface area contributed by atoms with Gasteiger partial charge in [0.25, 0.3) is 0 Å². The van der Waals surface area contributed by atoms with Gasteiger partial charge in [0, 0.05) is 38.4 Å². The van der Waals surface area contributed by atoms with Crippen molar-refractivity contribution in [1.82, 2.24) is 9.80 Å². The lowest BCUT2D eigenvalue weighted by Gasteiger charge is -2.34. The van der Waals surface area contributed by atoms with Crippen molar-refractivity contribution in [2.75, 3.05) is 45.2 Å². The molecule has 28 heavy (non-hydrogen) atoms. The molecule has 2 aromatic rings. The summed E-state index contributed by atoms with van der Waals surface area (Å²) in [4.78, 5) is 16.5. The van der Waals surface area contributed by atoms with E-state index in [1.54, 1.807) is 11.0 Å². The molecule has 0 radical (unpaired) electrons. The van der Waals surface area contributed by atoms with Crippen LogP contribution in [-0.4, -0.2) is 55.7 Å².